The Morgan fingerprint density at radius 3 is 1.82 bits per heavy atom. The lowest BCUT2D eigenvalue weighted by atomic mass is 10.1. The number of rotatable bonds is 4. The van der Waals surface area contributed by atoms with Crippen molar-refractivity contribution in [2.24, 2.45) is 0 Å². The van der Waals surface area contributed by atoms with Gasteiger partial charge in [-0.15, -0.1) is 0 Å². The van der Waals surface area contributed by atoms with Crippen molar-refractivity contribution in [2.45, 2.75) is 6.18 Å². The zero-order valence-electron chi connectivity index (χ0n) is 14.0. The fraction of sp³-hybridized carbons (Fsp3) is 0.0526. The Morgan fingerprint density at radius 1 is 0.821 bits per heavy atom. The van der Waals surface area contributed by atoms with Crippen LogP contribution in [0, 0.1) is 34.0 Å². The molecule has 2 aromatic carbocycles. The minimum atomic E-state index is -4.51. The Bertz CT molecular complexity index is 1040. The summed E-state index contributed by atoms with van der Waals surface area (Å²) in [5, 5.41) is 32.0. The summed E-state index contributed by atoms with van der Waals surface area (Å²) >= 11 is 0. The third kappa shape index (κ3) is 4.66. The van der Waals surface area contributed by atoms with Crippen molar-refractivity contribution in [1.82, 2.24) is 0 Å². The summed E-state index contributed by atoms with van der Waals surface area (Å²) in [5.74, 6) is -0.675. The van der Waals surface area contributed by atoms with Gasteiger partial charge >= 0.3 is 6.18 Å². The highest BCUT2D eigenvalue weighted by atomic mass is 19.4. The minimum Gasteiger partial charge on any atom is -0.343 e. The van der Waals surface area contributed by atoms with Crippen molar-refractivity contribution >= 4 is 17.3 Å². The van der Waals surface area contributed by atoms with Crippen molar-refractivity contribution < 1.29 is 18.0 Å². The van der Waals surface area contributed by atoms with Crippen LogP contribution in [0.5, 0.6) is 0 Å². The first kappa shape index (κ1) is 20.0. The Labute approximate surface area is 157 Å². The van der Waals surface area contributed by atoms with Gasteiger partial charge in [0.2, 0.25) is 0 Å². The molecule has 9 heteroatoms. The Balaban J connectivity index is 2.28. The predicted molar refractivity (Wildman–Crippen MR) is 93.3 cm³/mol. The van der Waals surface area contributed by atoms with E-state index >= 15 is 0 Å². The van der Waals surface area contributed by atoms with Gasteiger partial charge < -0.3 is 10.6 Å². The number of para-hydroxylation sites is 2. The highest BCUT2D eigenvalue weighted by molar-refractivity contribution is 6.06. The molecular formula is C19H10F3N5O. The average molecular weight is 381 g/mol. The van der Waals surface area contributed by atoms with E-state index in [0.717, 1.165) is 24.3 Å². The average Bonchev–Trinajstić information content (AvgIpc) is 2.68. The number of amides is 1. The monoisotopic (exact) mass is 381 g/mol. The number of allylic oxidation sites excluding steroid dienone is 2. The van der Waals surface area contributed by atoms with Gasteiger partial charge in [0, 0.05) is 5.56 Å². The van der Waals surface area contributed by atoms with Crippen LogP contribution < -0.4 is 10.6 Å². The van der Waals surface area contributed by atoms with Crippen LogP contribution >= 0.6 is 0 Å². The molecule has 0 bridgehead atoms. The van der Waals surface area contributed by atoms with E-state index in [0.29, 0.717) is 0 Å². The first-order valence-corrected chi connectivity index (χ1v) is 7.59. The molecule has 0 atom stereocenters. The fourth-order valence-corrected chi connectivity index (χ4v) is 2.12. The number of benzene rings is 2. The molecule has 0 aromatic heterocycles. The molecule has 0 saturated heterocycles. The zero-order valence-corrected chi connectivity index (χ0v) is 14.0. The maximum atomic E-state index is 12.6. The van der Waals surface area contributed by atoms with Crippen molar-refractivity contribution in [3.8, 4) is 18.2 Å². The molecule has 0 heterocycles. The number of nitrogens with zero attached hydrogens (tertiary/aromatic N) is 3. The van der Waals surface area contributed by atoms with Gasteiger partial charge in [-0.1, -0.05) is 12.1 Å². The molecule has 0 spiro atoms. The van der Waals surface area contributed by atoms with Gasteiger partial charge in [-0.05, 0) is 36.4 Å². The maximum absolute atomic E-state index is 12.6. The van der Waals surface area contributed by atoms with Gasteiger partial charge in [0.15, 0.2) is 5.57 Å². The molecule has 0 fully saturated rings. The van der Waals surface area contributed by atoms with E-state index in [1.54, 1.807) is 30.3 Å². The van der Waals surface area contributed by atoms with E-state index < -0.39 is 23.2 Å². The topological polar surface area (TPSA) is 112 Å². The number of nitriles is 3. The number of anilines is 2. The Kier molecular flexibility index (Phi) is 6.00. The molecule has 28 heavy (non-hydrogen) atoms. The second kappa shape index (κ2) is 8.39. The molecule has 0 radical (unpaired) electrons. The summed E-state index contributed by atoms with van der Waals surface area (Å²) in [6.45, 7) is 0. The van der Waals surface area contributed by atoms with Crippen molar-refractivity contribution in [2.75, 3.05) is 10.6 Å². The smallest absolute Gasteiger partial charge is 0.343 e. The normalized spacial score (nSPS) is 10.0. The Hall–Kier alpha value is -4.29. The van der Waals surface area contributed by atoms with Crippen molar-refractivity contribution in [1.29, 1.82) is 15.8 Å². The molecular weight excluding hydrogens is 371 g/mol. The van der Waals surface area contributed by atoms with E-state index in [4.69, 9.17) is 15.8 Å². The van der Waals surface area contributed by atoms with Gasteiger partial charge in [-0.2, -0.15) is 29.0 Å². The lowest BCUT2D eigenvalue weighted by molar-refractivity contribution is -0.137. The van der Waals surface area contributed by atoms with E-state index in [2.05, 4.69) is 10.6 Å². The molecule has 1 amide bonds. The van der Waals surface area contributed by atoms with Crippen LogP contribution in [0.4, 0.5) is 24.5 Å². The zero-order chi connectivity index (χ0) is 20.7. The molecule has 2 rings (SSSR count). The SMILES string of the molecule is N#CC(C#N)=C(C#N)Nc1ccccc1NC(=O)c1ccc(C(F)(F)F)cc1. The number of carbonyl (C=O) groups excluding carboxylic acids is 1. The lowest BCUT2D eigenvalue weighted by Gasteiger charge is -2.13. The summed E-state index contributed by atoms with van der Waals surface area (Å²) in [6, 6.07) is 14.7. The molecule has 0 aliphatic carbocycles. The van der Waals surface area contributed by atoms with Gasteiger partial charge in [-0.25, -0.2) is 0 Å². The fourth-order valence-electron chi connectivity index (χ4n) is 2.12. The summed E-state index contributed by atoms with van der Waals surface area (Å²) < 4.78 is 37.8. The number of halogens is 3. The second-order valence-corrected chi connectivity index (χ2v) is 5.29. The van der Waals surface area contributed by atoms with Crippen molar-refractivity contribution in [3.05, 3.63) is 70.9 Å². The highest BCUT2D eigenvalue weighted by Crippen LogP contribution is 2.29. The van der Waals surface area contributed by atoms with Crippen LogP contribution in [0.25, 0.3) is 0 Å². The van der Waals surface area contributed by atoms with Crippen LogP contribution in [0.2, 0.25) is 0 Å². The standard InChI is InChI=1S/C19H10F3N5O/c20-19(21,22)14-7-5-12(6-8-14)18(28)27-16-4-2-1-3-15(16)26-17(11-25)13(9-23)10-24/h1-8,26H,(H,27,28). The Morgan fingerprint density at radius 2 is 1.36 bits per heavy atom. The molecule has 2 aromatic rings. The molecule has 0 aliphatic heterocycles. The van der Waals surface area contributed by atoms with E-state index in [1.807, 2.05) is 0 Å². The van der Waals surface area contributed by atoms with Crippen LogP contribution in [-0.2, 0) is 6.18 Å². The largest absolute Gasteiger partial charge is 0.416 e. The highest BCUT2D eigenvalue weighted by Gasteiger charge is 2.30. The number of carbonyl (C=O) groups is 1. The lowest BCUT2D eigenvalue weighted by Crippen LogP contribution is -2.14. The van der Waals surface area contributed by atoms with Gasteiger partial charge in [-0.3, -0.25) is 4.79 Å². The number of hydrogen-bond acceptors (Lipinski definition) is 5. The van der Waals surface area contributed by atoms with Gasteiger partial charge in [0.05, 0.1) is 16.9 Å². The second-order valence-electron chi connectivity index (χ2n) is 5.29. The number of nitrogens with one attached hydrogen (secondary N) is 2. The molecule has 2 N–H and O–H groups in total. The third-order valence-corrected chi connectivity index (χ3v) is 3.49. The first-order valence-electron chi connectivity index (χ1n) is 7.59. The van der Waals surface area contributed by atoms with Crippen LogP contribution in [0.3, 0.4) is 0 Å². The maximum Gasteiger partial charge on any atom is 0.416 e. The third-order valence-electron chi connectivity index (χ3n) is 3.49. The number of alkyl halides is 3. The molecule has 6 nitrogen and oxygen atoms in total. The quantitative estimate of drug-likeness (QED) is 0.771. The minimum absolute atomic E-state index is 0.00593. The summed E-state index contributed by atoms with van der Waals surface area (Å²) in [7, 11) is 0. The summed E-state index contributed by atoms with van der Waals surface area (Å²) in [4.78, 5) is 12.3. The summed E-state index contributed by atoms with van der Waals surface area (Å²) in [6.07, 6.45) is -4.51. The molecule has 0 unspecified atom stereocenters. The summed E-state index contributed by atoms with van der Waals surface area (Å²) in [5.41, 5.74) is -1.20. The number of hydrogen-bond donors (Lipinski definition) is 2. The van der Waals surface area contributed by atoms with E-state index in [9.17, 15) is 18.0 Å². The van der Waals surface area contributed by atoms with Crippen LogP contribution in [-0.4, -0.2) is 5.91 Å². The van der Waals surface area contributed by atoms with Gasteiger partial charge in [0.1, 0.15) is 23.9 Å². The predicted octanol–water partition coefficient (Wildman–Crippen LogP) is 4.19. The van der Waals surface area contributed by atoms with Crippen LogP contribution in [0.15, 0.2) is 59.8 Å². The van der Waals surface area contributed by atoms with Crippen molar-refractivity contribution in [3.63, 3.8) is 0 Å². The molecule has 0 aliphatic rings. The van der Waals surface area contributed by atoms with Crippen LogP contribution in [0.1, 0.15) is 15.9 Å². The molecule has 138 valence electrons. The van der Waals surface area contributed by atoms with E-state index in [1.165, 1.54) is 12.1 Å². The van der Waals surface area contributed by atoms with E-state index in [-0.39, 0.29) is 22.6 Å². The first-order chi connectivity index (χ1) is 13.3. The van der Waals surface area contributed by atoms with Gasteiger partial charge in [0.25, 0.3) is 5.91 Å². The molecule has 0 saturated carbocycles.